The SMILES string of the molecule is O=C(NCCc1cn2cc(Cl)ccc2n1)c1cccs1. The number of hydrogen-bond donors (Lipinski definition) is 1. The Balaban J connectivity index is 1.61. The first-order valence-electron chi connectivity index (χ1n) is 6.17. The first-order valence-corrected chi connectivity index (χ1v) is 7.43. The van der Waals surface area contributed by atoms with Crippen LogP contribution in [0, 0.1) is 0 Å². The fourth-order valence-electron chi connectivity index (χ4n) is 1.94. The normalized spacial score (nSPS) is 10.8. The number of pyridine rings is 1. The van der Waals surface area contributed by atoms with Crippen molar-refractivity contribution in [1.29, 1.82) is 0 Å². The van der Waals surface area contributed by atoms with Gasteiger partial charge in [0.2, 0.25) is 0 Å². The number of imidazole rings is 1. The average Bonchev–Trinajstić information content (AvgIpc) is 3.06. The molecule has 6 heteroatoms. The van der Waals surface area contributed by atoms with Gasteiger partial charge >= 0.3 is 0 Å². The molecule has 4 nitrogen and oxygen atoms in total. The molecule has 0 saturated carbocycles. The predicted octanol–water partition coefficient (Wildman–Crippen LogP) is 3.02. The molecule has 1 amide bonds. The molecule has 0 aliphatic heterocycles. The lowest BCUT2D eigenvalue weighted by atomic mass is 10.3. The van der Waals surface area contributed by atoms with Crippen molar-refractivity contribution < 1.29 is 4.79 Å². The number of amides is 1. The molecule has 3 aromatic rings. The van der Waals surface area contributed by atoms with E-state index >= 15 is 0 Å². The fraction of sp³-hybridized carbons (Fsp3) is 0.143. The maximum atomic E-state index is 11.8. The quantitative estimate of drug-likeness (QED) is 0.805. The molecule has 3 aromatic heterocycles. The molecule has 0 fully saturated rings. The number of nitrogens with one attached hydrogen (secondary N) is 1. The Kier molecular flexibility index (Phi) is 3.71. The summed E-state index contributed by atoms with van der Waals surface area (Å²) in [6.07, 6.45) is 4.44. The molecule has 3 heterocycles. The van der Waals surface area contributed by atoms with E-state index in [0.29, 0.717) is 18.0 Å². The minimum Gasteiger partial charge on any atom is -0.351 e. The van der Waals surface area contributed by atoms with Gasteiger partial charge in [-0.2, -0.15) is 0 Å². The van der Waals surface area contributed by atoms with Gasteiger partial charge in [0, 0.05) is 25.4 Å². The van der Waals surface area contributed by atoms with Crippen LogP contribution < -0.4 is 5.32 Å². The van der Waals surface area contributed by atoms with E-state index in [2.05, 4.69) is 10.3 Å². The maximum Gasteiger partial charge on any atom is 0.261 e. The molecule has 0 aliphatic rings. The third kappa shape index (κ3) is 2.84. The van der Waals surface area contributed by atoms with Gasteiger partial charge in [-0.05, 0) is 23.6 Å². The molecule has 0 aromatic carbocycles. The van der Waals surface area contributed by atoms with Crippen molar-refractivity contribution in [3.63, 3.8) is 0 Å². The number of fused-ring (bicyclic) bond motifs is 1. The van der Waals surface area contributed by atoms with E-state index in [4.69, 9.17) is 11.6 Å². The Labute approximate surface area is 125 Å². The summed E-state index contributed by atoms with van der Waals surface area (Å²) in [6, 6.07) is 7.36. The standard InChI is InChI=1S/C14H12ClN3OS/c15-10-3-4-13-17-11(9-18(13)8-10)5-6-16-14(19)12-2-1-7-20-12/h1-4,7-9H,5-6H2,(H,16,19). The van der Waals surface area contributed by atoms with Gasteiger partial charge in [-0.3, -0.25) is 4.79 Å². The zero-order valence-corrected chi connectivity index (χ0v) is 12.1. The van der Waals surface area contributed by atoms with Crippen molar-refractivity contribution in [1.82, 2.24) is 14.7 Å². The Morgan fingerprint density at radius 3 is 3.05 bits per heavy atom. The second-order valence-electron chi connectivity index (χ2n) is 4.33. The van der Waals surface area contributed by atoms with Crippen molar-refractivity contribution >= 4 is 34.5 Å². The third-order valence-corrected chi connectivity index (χ3v) is 3.97. The molecule has 0 aliphatic carbocycles. The minimum absolute atomic E-state index is 0.0354. The number of hydrogen-bond acceptors (Lipinski definition) is 3. The first kappa shape index (κ1) is 13.1. The summed E-state index contributed by atoms with van der Waals surface area (Å²) in [5.74, 6) is -0.0354. The molecule has 0 spiro atoms. The van der Waals surface area contributed by atoms with Gasteiger partial charge in [-0.1, -0.05) is 17.7 Å². The van der Waals surface area contributed by atoms with E-state index in [0.717, 1.165) is 16.2 Å². The first-order chi connectivity index (χ1) is 9.72. The van der Waals surface area contributed by atoms with Crippen molar-refractivity contribution in [3.05, 3.63) is 57.6 Å². The molecule has 0 bridgehead atoms. The molecule has 102 valence electrons. The monoisotopic (exact) mass is 305 g/mol. The third-order valence-electron chi connectivity index (χ3n) is 2.88. The highest BCUT2D eigenvalue weighted by atomic mass is 35.5. The van der Waals surface area contributed by atoms with E-state index in [1.807, 2.05) is 46.4 Å². The minimum atomic E-state index is -0.0354. The van der Waals surface area contributed by atoms with E-state index in [1.165, 1.54) is 11.3 Å². The maximum absolute atomic E-state index is 11.8. The highest BCUT2D eigenvalue weighted by Gasteiger charge is 2.06. The fourth-order valence-corrected chi connectivity index (χ4v) is 2.74. The molecular formula is C14H12ClN3OS. The van der Waals surface area contributed by atoms with Crippen LogP contribution in [0.3, 0.4) is 0 Å². The van der Waals surface area contributed by atoms with Crippen LogP contribution >= 0.6 is 22.9 Å². The predicted molar refractivity (Wildman–Crippen MR) is 80.6 cm³/mol. The molecule has 0 saturated heterocycles. The van der Waals surface area contributed by atoms with Gasteiger partial charge in [0.15, 0.2) is 0 Å². The van der Waals surface area contributed by atoms with Crippen LogP contribution in [0.25, 0.3) is 5.65 Å². The van der Waals surface area contributed by atoms with Crippen molar-refractivity contribution in [2.24, 2.45) is 0 Å². The zero-order valence-electron chi connectivity index (χ0n) is 10.5. The van der Waals surface area contributed by atoms with Gasteiger partial charge in [0.25, 0.3) is 5.91 Å². The Morgan fingerprint density at radius 1 is 1.35 bits per heavy atom. The van der Waals surface area contributed by atoms with Gasteiger partial charge in [-0.15, -0.1) is 11.3 Å². The van der Waals surface area contributed by atoms with E-state index in [-0.39, 0.29) is 5.91 Å². The number of aromatic nitrogens is 2. The molecule has 0 unspecified atom stereocenters. The summed E-state index contributed by atoms with van der Waals surface area (Å²) in [5, 5.41) is 5.45. The van der Waals surface area contributed by atoms with Gasteiger partial charge < -0.3 is 9.72 Å². The average molecular weight is 306 g/mol. The zero-order chi connectivity index (χ0) is 13.9. The Morgan fingerprint density at radius 2 is 2.25 bits per heavy atom. The second kappa shape index (κ2) is 5.64. The highest BCUT2D eigenvalue weighted by Crippen LogP contribution is 2.12. The van der Waals surface area contributed by atoms with Crippen LogP contribution in [0.5, 0.6) is 0 Å². The number of carbonyl (C=O) groups excluding carboxylic acids is 1. The summed E-state index contributed by atoms with van der Waals surface area (Å²) in [7, 11) is 0. The molecule has 0 radical (unpaired) electrons. The molecular weight excluding hydrogens is 294 g/mol. The van der Waals surface area contributed by atoms with Crippen LogP contribution in [0.4, 0.5) is 0 Å². The van der Waals surface area contributed by atoms with Gasteiger partial charge in [-0.25, -0.2) is 4.98 Å². The van der Waals surface area contributed by atoms with Crippen LogP contribution in [-0.2, 0) is 6.42 Å². The number of halogens is 1. The van der Waals surface area contributed by atoms with E-state index < -0.39 is 0 Å². The molecule has 1 N–H and O–H groups in total. The number of nitrogens with zero attached hydrogens (tertiary/aromatic N) is 2. The number of carbonyl (C=O) groups is 1. The second-order valence-corrected chi connectivity index (χ2v) is 5.71. The highest BCUT2D eigenvalue weighted by molar-refractivity contribution is 7.12. The molecule has 3 rings (SSSR count). The number of thiophene rings is 1. The summed E-state index contributed by atoms with van der Waals surface area (Å²) >= 11 is 7.36. The van der Waals surface area contributed by atoms with Crippen LogP contribution in [-0.4, -0.2) is 21.8 Å². The molecule has 20 heavy (non-hydrogen) atoms. The van der Waals surface area contributed by atoms with Gasteiger partial charge in [0.1, 0.15) is 5.65 Å². The molecule has 0 atom stereocenters. The number of rotatable bonds is 4. The Bertz CT molecular complexity index is 736. The summed E-state index contributed by atoms with van der Waals surface area (Å²) in [6.45, 7) is 0.564. The van der Waals surface area contributed by atoms with Crippen molar-refractivity contribution in [2.45, 2.75) is 6.42 Å². The lowest BCUT2D eigenvalue weighted by Crippen LogP contribution is -2.24. The summed E-state index contributed by atoms with van der Waals surface area (Å²) in [4.78, 5) is 17.0. The van der Waals surface area contributed by atoms with E-state index in [9.17, 15) is 4.79 Å². The topological polar surface area (TPSA) is 46.4 Å². The Hall–Kier alpha value is -1.85. The van der Waals surface area contributed by atoms with Gasteiger partial charge in [0.05, 0.1) is 15.6 Å². The lowest BCUT2D eigenvalue weighted by Gasteiger charge is -2.01. The van der Waals surface area contributed by atoms with Crippen molar-refractivity contribution in [2.75, 3.05) is 6.54 Å². The van der Waals surface area contributed by atoms with E-state index in [1.54, 1.807) is 0 Å². The largest absolute Gasteiger partial charge is 0.351 e. The summed E-state index contributed by atoms with van der Waals surface area (Å²) in [5.41, 5.74) is 1.78. The van der Waals surface area contributed by atoms with Crippen molar-refractivity contribution in [3.8, 4) is 0 Å². The summed E-state index contributed by atoms with van der Waals surface area (Å²) < 4.78 is 1.89. The smallest absolute Gasteiger partial charge is 0.261 e. The van der Waals surface area contributed by atoms with Crippen LogP contribution in [0.2, 0.25) is 5.02 Å². The lowest BCUT2D eigenvalue weighted by molar-refractivity contribution is 0.0958. The van der Waals surface area contributed by atoms with Crippen LogP contribution in [0.1, 0.15) is 15.4 Å². The van der Waals surface area contributed by atoms with Crippen LogP contribution in [0.15, 0.2) is 42.0 Å².